The summed E-state index contributed by atoms with van der Waals surface area (Å²) in [5.41, 5.74) is 1.10. The molecule has 0 unspecified atom stereocenters. The lowest BCUT2D eigenvalue weighted by atomic mass is 10.1. The van der Waals surface area contributed by atoms with Gasteiger partial charge in [-0.3, -0.25) is 0 Å². The Bertz CT molecular complexity index is 158. The molecule has 0 atom stereocenters. The summed E-state index contributed by atoms with van der Waals surface area (Å²) >= 11 is 0. The van der Waals surface area contributed by atoms with E-state index in [-0.39, 0.29) is 0 Å². The number of hydrogen-bond acceptors (Lipinski definition) is 2. The molecule has 0 aromatic carbocycles. The minimum absolute atomic E-state index is 0.490. The summed E-state index contributed by atoms with van der Waals surface area (Å²) in [6.07, 6.45) is 0.817. The van der Waals surface area contributed by atoms with Gasteiger partial charge in [0, 0.05) is 6.42 Å². The first-order valence-electron chi connectivity index (χ1n) is 3.11. The lowest BCUT2D eigenvalue weighted by Crippen LogP contribution is -2.02. The average molecular weight is 125 g/mol. The van der Waals surface area contributed by atoms with Crippen molar-refractivity contribution in [3.63, 3.8) is 0 Å². The molecule has 0 saturated carbocycles. The van der Waals surface area contributed by atoms with Crippen LogP contribution in [0.25, 0.3) is 0 Å². The topological polar surface area (TPSA) is 21.6 Å². The Morgan fingerprint density at radius 1 is 1.67 bits per heavy atom. The maximum atomic E-state index is 4.82. The van der Waals surface area contributed by atoms with Crippen LogP contribution in [-0.4, -0.2) is 5.71 Å². The number of rotatable bonds is 1. The van der Waals surface area contributed by atoms with Crippen molar-refractivity contribution in [2.45, 2.75) is 20.3 Å². The van der Waals surface area contributed by atoms with E-state index in [2.05, 4.69) is 25.6 Å². The van der Waals surface area contributed by atoms with Gasteiger partial charge >= 0.3 is 0 Å². The van der Waals surface area contributed by atoms with Crippen molar-refractivity contribution in [2.24, 2.45) is 11.1 Å². The summed E-state index contributed by atoms with van der Waals surface area (Å²) in [5.74, 6) is 1.25. The molecule has 9 heavy (non-hydrogen) atoms. The van der Waals surface area contributed by atoms with Crippen LogP contribution in [0.1, 0.15) is 20.3 Å². The van der Waals surface area contributed by atoms with Crippen LogP contribution >= 0.6 is 0 Å². The van der Waals surface area contributed by atoms with E-state index in [4.69, 9.17) is 4.84 Å². The standard InChI is InChI=1S/C7H11NO/c1-5(2)7-4-6(3)9-8-7/h5H,3-4H2,1-2H3. The van der Waals surface area contributed by atoms with Crippen LogP contribution < -0.4 is 0 Å². The molecule has 1 aliphatic rings. The van der Waals surface area contributed by atoms with E-state index in [9.17, 15) is 0 Å². The summed E-state index contributed by atoms with van der Waals surface area (Å²) in [4.78, 5) is 4.82. The van der Waals surface area contributed by atoms with E-state index in [0.717, 1.165) is 17.9 Å². The van der Waals surface area contributed by atoms with Gasteiger partial charge in [-0.25, -0.2) is 0 Å². The summed E-state index contributed by atoms with van der Waals surface area (Å²) in [5, 5.41) is 3.83. The van der Waals surface area contributed by atoms with Gasteiger partial charge in [0.15, 0.2) is 0 Å². The zero-order valence-electron chi connectivity index (χ0n) is 5.85. The van der Waals surface area contributed by atoms with Gasteiger partial charge in [0.05, 0.1) is 5.71 Å². The third-order valence-electron chi connectivity index (χ3n) is 1.34. The maximum Gasteiger partial charge on any atom is 0.133 e. The molecule has 0 fully saturated rings. The molecule has 0 N–H and O–H groups in total. The van der Waals surface area contributed by atoms with Gasteiger partial charge in [0.1, 0.15) is 5.76 Å². The van der Waals surface area contributed by atoms with E-state index in [1.165, 1.54) is 0 Å². The zero-order valence-corrected chi connectivity index (χ0v) is 5.85. The van der Waals surface area contributed by atoms with Crippen LogP contribution in [0.4, 0.5) is 0 Å². The van der Waals surface area contributed by atoms with Crippen LogP contribution in [0.15, 0.2) is 17.5 Å². The molecule has 0 aliphatic carbocycles. The quantitative estimate of drug-likeness (QED) is 0.524. The van der Waals surface area contributed by atoms with Gasteiger partial charge in [-0.2, -0.15) is 0 Å². The molecule has 0 spiro atoms. The summed E-state index contributed by atoms with van der Waals surface area (Å²) in [7, 11) is 0. The predicted molar refractivity (Wildman–Crippen MR) is 37.1 cm³/mol. The van der Waals surface area contributed by atoms with Crippen molar-refractivity contribution < 1.29 is 4.84 Å². The number of hydrogen-bond donors (Lipinski definition) is 0. The molecule has 1 rings (SSSR count). The van der Waals surface area contributed by atoms with Crippen LogP contribution in [-0.2, 0) is 4.84 Å². The fourth-order valence-corrected chi connectivity index (χ4v) is 0.699. The van der Waals surface area contributed by atoms with Gasteiger partial charge in [-0.05, 0) is 5.92 Å². The van der Waals surface area contributed by atoms with Crippen LogP contribution in [0, 0.1) is 5.92 Å². The van der Waals surface area contributed by atoms with Crippen molar-refractivity contribution in [1.82, 2.24) is 0 Å². The Kier molecular flexibility index (Phi) is 1.56. The Morgan fingerprint density at radius 2 is 2.33 bits per heavy atom. The molecule has 1 heterocycles. The Balaban J connectivity index is 2.55. The lowest BCUT2D eigenvalue weighted by molar-refractivity contribution is 0.245. The highest BCUT2D eigenvalue weighted by molar-refractivity contribution is 5.88. The smallest absolute Gasteiger partial charge is 0.133 e. The van der Waals surface area contributed by atoms with E-state index >= 15 is 0 Å². The SMILES string of the molecule is C=C1CC(C(C)C)=NO1. The minimum atomic E-state index is 0.490. The molecule has 0 saturated heterocycles. The predicted octanol–water partition coefficient (Wildman–Crippen LogP) is 1.93. The molecular weight excluding hydrogens is 114 g/mol. The second kappa shape index (κ2) is 2.21. The average Bonchev–Trinajstić information content (AvgIpc) is 2.14. The van der Waals surface area contributed by atoms with Crippen molar-refractivity contribution in [2.75, 3.05) is 0 Å². The Morgan fingerprint density at radius 3 is 2.56 bits per heavy atom. The van der Waals surface area contributed by atoms with Crippen LogP contribution in [0.3, 0.4) is 0 Å². The van der Waals surface area contributed by atoms with Gasteiger partial charge < -0.3 is 4.84 Å². The second-order valence-electron chi connectivity index (χ2n) is 2.54. The number of oxime groups is 1. The van der Waals surface area contributed by atoms with Gasteiger partial charge in [0.2, 0.25) is 0 Å². The summed E-state index contributed by atoms with van der Waals surface area (Å²) < 4.78 is 0. The summed E-state index contributed by atoms with van der Waals surface area (Å²) in [6.45, 7) is 7.85. The van der Waals surface area contributed by atoms with Crippen LogP contribution in [0.5, 0.6) is 0 Å². The van der Waals surface area contributed by atoms with Crippen molar-refractivity contribution in [3.05, 3.63) is 12.3 Å². The largest absolute Gasteiger partial charge is 0.362 e. The molecule has 2 heteroatoms. The Labute approximate surface area is 55.2 Å². The fourth-order valence-electron chi connectivity index (χ4n) is 0.699. The molecule has 0 aromatic heterocycles. The summed E-state index contributed by atoms with van der Waals surface area (Å²) in [6, 6.07) is 0. The minimum Gasteiger partial charge on any atom is -0.362 e. The highest BCUT2D eigenvalue weighted by Gasteiger charge is 2.14. The molecule has 2 nitrogen and oxygen atoms in total. The first kappa shape index (κ1) is 6.33. The fraction of sp³-hybridized carbons (Fsp3) is 0.571. The van der Waals surface area contributed by atoms with Crippen molar-refractivity contribution >= 4 is 5.71 Å². The van der Waals surface area contributed by atoms with E-state index in [0.29, 0.717) is 5.92 Å². The third kappa shape index (κ3) is 1.31. The molecule has 1 aliphatic heterocycles. The number of nitrogens with zero attached hydrogens (tertiary/aromatic N) is 1. The van der Waals surface area contributed by atoms with Gasteiger partial charge in [-0.15, -0.1) is 0 Å². The maximum absolute atomic E-state index is 4.82. The van der Waals surface area contributed by atoms with E-state index in [1.807, 2.05) is 0 Å². The first-order valence-corrected chi connectivity index (χ1v) is 3.11. The Hall–Kier alpha value is -0.790. The molecule has 0 bridgehead atoms. The van der Waals surface area contributed by atoms with Crippen molar-refractivity contribution in [3.8, 4) is 0 Å². The highest BCUT2D eigenvalue weighted by Crippen LogP contribution is 2.16. The van der Waals surface area contributed by atoms with E-state index < -0.39 is 0 Å². The monoisotopic (exact) mass is 125 g/mol. The molecule has 0 amide bonds. The zero-order chi connectivity index (χ0) is 6.85. The molecule has 0 aromatic rings. The normalized spacial score (nSPS) is 18.1. The second-order valence-corrected chi connectivity index (χ2v) is 2.54. The molecule has 0 radical (unpaired) electrons. The van der Waals surface area contributed by atoms with Crippen LogP contribution in [0.2, 0.25) is 0 Å². The van der Waals surface area contributed by atoms with Gasteiger partial charge in [-0.1, -0.05) is 25.6 Å². The number of allylic oxidation sites excluding steroid dienone is 1. The first-order chi connectivity index (χ1) is 4.20. The van der Waals surface area contributed by atoms with E-state index in [1.54, 1.807) is 0 Å². The molecule has 50 valence electrons. The van der Waals surface area contributed by atoms with Crippen molar-refractivity contribution in [1.29, 1.82) is 0 Å². The molecular formula is C7H11NO. The van der Waals surface area contributed by atoms with Gasteiger partial charge in [0.25, 0.3) is 0 Å². The lowest BCUT2D eigenvalue weighted by Gasteiger charge is -1.97. The third-order valence-corrected chi connectivity index (χ3v) is 1.34. The highest BCUT2D eigenvalue weighted by atomic mass is 16.6.